The van der Waals surface area contributed by atoms with Crippen molar-refractivity contribution in [3.63, 3.8) is 0 Å². The van der Waals surface area contributed by atoms with Gasteiger partial charge >= 0.3 is 0 Å². The first-order chi connectivity index (χ1) is 10.4. The zero-order valence-electron chi connectivity index (χ0n) is 12.6. The zero-order chi connectivity index (χ0) is 15.6. The number of aromatic hydroxyl groups is 1. The predicted molar refractivity (Wildman–Crippen MR) is 84.8 cm³/mol. The van der Waals surface area contributed by atoms with Gasteiger partial charge in [0.1, 0.15) is 17.3 Å². The number of para-hydroxylation sites is 1. The van der Waals surface area contributed by atoms with Crippen LogP contribution in [0.1, 0.15) is 26.3 Å². The molecule has 0 saturated heterocycles. The summed E-state index contributed by atoms with van der Waals surface area (Å²) in [5.74, 6) is 0.408. The number of hydrogen-bond donors (Lipinski definition) is 1. The highest BCUT2D eigenvalue weighted by atomic mass is 16.5. The highest BCUT2D eigenvalue weighted by Crippen LogP contribution is 2.50. The van der Waals surface area contributed by atoms with Crippen molar-refractivity contribution >= 4 is 21.9 Å². The van der Waals surface area contributed by atoms with Crippen molar-refractivity contribution in [2.75, 3.05) is 0 Å². The van der Waals surface area contributed by atoms with Crippen LogP contribution in [0.15, 0.2) is 39.5 Å². The van der Waals surface area contributed by atoms with Crippen LogP contribution in [-0.2, 0) is 5.41 Å². The van der Waals surface area contributed by atoms with E-state index in [2.05, 4.69) is 0 Å². The Bertz CT molecular complexity index is 982. The normalized spacial score (nSPS) is 19.3. The molecule has 22 heavy (non-hydrogen) atoms. The monoisotopic (exact) mass is 296 g/mol. The average molecular weight is 296 g/mol. The van der Waals surface area contributed by atoms with Gasteiger partial charge in [-0.05, 0) is 25.1 Å². The Morgan fingerprint density at radius 2 is 1.91 bits per heavy atom. The second-order valence-electron chi connectivity index (χ2n) is 6.39. The molecule has 1 aliphatic rings. The van der Waals surface area contributed by atoms with Crippen molar-refractivity contribution in [3.8, 4) is 11.5 Å². The molecule has 0 amide bonds. The van der Waals surface area contributed by atoms with Gasteiger partial charge in [-0.2, -0.15) is 0 Å². The fourth-order valence-corrected chi connectivity index (χ4v) is 3.14. The minimum atomic E-state index is -0.356. The third kappa shape index (κ3) is 1.49. The van der Waals surface area contributed by atoms with Crippen LogP contribution >= 0.6 is 0 Å². The Morgan fingerprint density at radius 3 is 2.68 bits per heavy atom. The molecular weight excluding hydrogens is 280 g/mol. The van der Waals surface area contributed by atoms with Crippen LogP contribution in [0.3, 0.4) is 0 Å². The lowest BCUT2D eigenvalue weighted by Crippen LogP contribution is -2.29. The van der Waals surface area contributed by atoms with E-state index in [0.717, 1.165) is 5.56 Å². The number of hydrogen-bond acceptors (Lipinski definition) is 4. The summed E-state index contributed by atoms with van der Waals surface area (Å²) in [6.45, 7) is 6.00. The van der Waals surface area contributed by atoms with Crippen molar-refractivity contribution < 1.29 is 14.3 Å². The van der Waals surface area contributed by atoms with Crippen LogP contribution in [0.5, 0.6) is 11.5 Å². The average Bonchev–Trinajstić information content (AvgIpc) is 2.72. The highest BCUT2D eigenvalue weighted by Gasteiger charge is 2.43. The van der Waals surface area contributed by atoms with Crippen LogP contribution in [0.25, 0.3) is 21.9 Å². The van der Waals surface area contributed by atoms with Crippen molar-refractivity contribution in [2.24, 2.45) is 0 Å². The molecule has 0 saturated carbocycles. The first kappa shape index (κ1) is 13.2. The van der Waals surface area contributed by atoms with Crippen LogP contribution in [0, 0.1) is 0 Å². The maximum absolute atomic E-state index is 12.7. The Hall–Kier alpha value is -2.49. The minimum absolute atomic E-state index is 0.0116. The van der Waals surface area contributed by atoms with E-state index in [-0.39, 0.29) is 22.7 Å². The summed E-state index contributed by atoms with van der Waals surface area (Å²) in [6.07, 6.45) is -0.115. The molecule has 4 heteroatoms. The summed E-state index contributed by atoms with van der Waals surface area (Å²) in [5.41, 5.74) is 1.32. The molecule has 112 valence electrons. The van der Waals surface area contributed by atoms with Gasteiger partial charge in [-0.25, -0.2) is 0 Å². The SMILES string of the molecule is CC1Oc2c(O)cc3c(=O)c4ccccc4oc3c2C1(C)C. The first-order valence-electron chi connectivity index (χ1n) is 7.30. The van der Waals surface area contributed by atoms with Crippen LogP contribution in [-0.4, -0.2) is 11.2 Å². The van der Waals surface area contributed by atoms with Gasteiger partial charge in [-0.3, -0.25) is 4.79 Å². The fourth-order valence-electron chi connectivity index (χ4n) is 3.14. The lowest BCUT2D eigenvalue weighted by molar-refractivity contribution is 0.181. The standard InChI is InChI=1S/C18H16O4/c1-9-18(2,3)14-16-11(8-12(19)17(14)21-9)15(20)10-6-4-5-7-13(10)22-16/h4-9,19H,1-3H3. The maximum atomic E-state index is 12.7. The van der Waals surface area contributed by atoms with E-state index >= 15 is 0 Å². The van der Waals surface area contributed by atoms with E-state index in [1.165, 1.54) is 6.07 Å². The largest absolute Gasteiger partial charge is 0.504 e. The molecule has 4 rings (SSSR count). The molecule has 1 aliphatic heterocycles. The molecule has 0 aliphatic carbocycles. The second-order valence-corrected chi connectivity index (χ2v) is 6.39. The molecule has 3 aromatic rings. The number of ether oxygens (including phenoxy) is 1. The lowest BCUT2D eigenvalue weighted by atomic mass is 9.81. The molecule has 0 fully saturated rings. The molecule has 0 bridgehead atoms. The van der Waals surface area contributed by atoms with Gasteiger partial charge in [0, 0.05) is 5.41 Å². The second kappa shape index (κ2) is 4.03. The Kier molecular flexibility index (Phi) is 2.42. The van der Waals surface area contributed by atoms with E-state index in [1.807, 2.05) is 26.8 Å². The minimum Gasteiger partial charge on any atom is -0.504 e. The van der Waals surface area contributed by atoms with Crippen molar-refractivity contribution in [1.82, 2.24) is 0 Å². The van der Waals surface area contributed by atoms with Crippen molar-refractivity contribution in [1.29, 1.82) is 0 Å². The number of rotatable bonds is 0. The van der Waals surface area contributed by atoms with Gasteiger partial charge in [-0.15, -0.1) is 0 Å². The molecule has 2 aromatic carbocycles. The van der Waals surface area contributed by atoms with Crippen molar-refractivity contribution in [3.05, 3.63) is 46.1 Å². The van der Waals surface area contributed by atoms with Gasteiger partial charge in [0.2, 0.25) is 5.43 Å². The van der Waals surface area contributed by atoms with E-state index in [0.29, 0.717) is 27.7 Å². The highest BCUT2D eigenvalue weighted by molar-refractivity contribution is 5.94. The predicted octanol–water partition coefficient (Wildman–Crippen LogP) is 3.71. The topological polar surface area (TPSA) is 59.7 Å². The fraction of sp³-hybridized carbons (Fsp3) is 0.278. The smallest absolute Gasteiger partial charge is 0.200 e. The van der Waals surface area contributed by atoms with E-state index < -0.39 is 0 Å². The van der Waals surface area contributed by atoms with Crippen LogP contribution in [0.4, 0.5) is 0 Å². The lowest BCUT2D eigenvalue weighted by Gasteiger charge is -2.22. The Balaban J connectivity index is 2.26. The van der Waals surface area contributed by atoms with Crippen molar-refractivity contribution in [2.45, 2.75) is 32.3 Å². The quantitative estimate of drug-likeness (QED) is 0.642. The molecule has 1 N–H and O–H groups in total. The summed E-state index contributed by atoms with van der Waals surface area (Å²) in [5, 5.41) is 11.2. The molecule has 1 atom stereocenters. The van der Waals surface area contributed by atoms with E-state index in [9.17, 15) is 9.90 Å². The van der Waals surface area contributed by atoms with Gasteiger partial charge in [0.15, 0.2) is 11.5 Å². The molecule has 1 aromatic heterocycles. The molecule has 1 unspecified atom stereocenters. The molecule has 4 nitrogen and oxygen atoms in total. The summed E-state index contributed by atoms with van der Waals surface area (Å²) in [4.78, 5) is 12.7. The Morgan fingerprint density at radius 1 is 1.18 bits per heavy atom. The number of fused-ring (bicyclic) bond motifs is 4. The molecular formula is C18H16O4. The molecule has 0 spiro atoms. The maximum Gasteiger partial charge on any atom is 0.200 e. The molecule has 2 heterocycles. The van der Waals surface area contributed by atoms with Crippen LogP contribution in [0.2, 0.25) is 0 Å². The Labute approximate surface area is 126 Å². The summed E-state index contributed by atoms with van der Waals surface area (Å²) < 4.78 is 11.8. The third-order valence-corrected chi connectivity index (χ3v) is 4.76. The van der Waals surface area contributed by atoms with Gasteiger partial charge < -0.3 is 14.3 Å². The van der Waals surface area contributed by atoms with E-state index in [1.54, 1.807) is 18.2 Å². The zero-order valence-corrected chi connectivity index (χ0v) is 12.6. The van der Waals surface area contributed by atoms with Gasteiger partial charge in [-0.1, -0.05) is 26.0 Å². The van der Waals surface area contributed by atoms with Crippen LogP contribution < -0.4 is 10.2 Å². The number of benzene rings is 2. The van der Waals surface area contributed by atoms with Gasteiger partial charge in [0.05, 0.1) is 16.3 Å². The van der Waals surface area contributed by atoms with E-state index in [4.69, 9.17) is 9.15 Å². The molecule has 0 radical (unpaired) electrons. The third-order valence-electron chi connectivity index (χ3n) is 4.76. The number of phenols is 1. The summed E-state index contributed by atoms with van der Waals surface area (Å²) >= 11 is 0. The first-order valence-corrected chi connectivity index (χ1v) is 7.30. The number of phenolic OH excluding ortho intramolecular Hbond substituents is 1. The summed E-state index contributed by atoms with van der Waals surface area (Å²) in [7, 11) is 0. The van der Waals surface area contributed by atoms with Gasteiger partial charge in [0.25, 0.3) is 0 Å². The summed E-state index contributed by atoms with van der Waals surface area (Å²) in [6, 6.07) is 8.59.